The van der Waals surface area contributed by atoms with Crippen molar-refractivity contribution in [3.63, 3.8) is 0 Å². The molecule has 1 heterocycles. The second-order valence-corrected chi connectivity index (χ2v) is 8.68. The molecule has 0 amide bonds. The van der Waals surface area contributed by atoms with E-state index in [0.717, 1.165) is 35.0 Å². The van der Waals surface area contributed by atoms with E-state index in [9.17, 15) is 0 Å². The summed E-state index contributed by atoms with van der Waals surface area (Å²) >= 11 is 12.0. The van der Waals surface area contributed by atoms with Crippen LogP contribution in [0.5, 0.6) is 0 Å². The summed E-state index contributed by atoms with van der Waals surface area (Å²) in [4.78, 5) is 7.25. The molecule has 1 spiro atoms. The van der Waals surface area contributed by atoms with Gasteiger partial charge in [0.1, 0.15) is 11.4 Å². The molecule has 1 aliphatic heterocycles. The summed E-state index contributed by atoms with van der Waals surface area (Å²) in [6.07, 6.45) is 5.78. The molecular formula is C23H26ClN3S. The van der Waals surface area contributed by atoms with Crippen molar-refractivity contribution in [2.45, 2.75) is 57.5 Å². The van der Waals surface area contributed by atoms with Crippen molar-refractivity contribution in [3.05, 3.63) is 64.7 Å². The van der Waals surface area contributed by atoms with Crippen molar-refractivity contribution in [3.8, 4) is 0 Å². The van der Waals surface area contributed by atoms with Crippen LogP contribution in [0.15, 0.2) is 53.5 Å². The van der Waals surface area contributed by atoms with Gasteiger partial charge in [-0.15, -0.1) is 0 Å². The lowest BCUT2D eigenvalue weighted by molar-refractivity contribution is 0.159. The van der Waals surface area contributed by atoms with Crippen molar-refractivity contribution >= 4 is 40.5 Å². The van der Waals surface area contributed by atoms with Crippen LogP contribution in [0.2, 0.25) is 5.02 Å². The largest absolute Gasteiger partial charge is 0.341 e. The first-order chi connectivity index (χ1) is 13.5. The normalized spacial score (nSPS) is 19.6. The lowest BCUT2D eigenvalue weighted by atomic mass is 9.78. The van der Waals surface area contributed by atoms with E-state index >= 15 is 0 Å². The Bertz CT molecular complexity index is 903. The molecule has 2 aromatic carbocycles. The van der Waals surface area contributed by atoms with Crippen LogP contribution in [0.1, 0.15) is 56.2 Å². The average Bonchev–Trinajstić information content (AvgIpc) is 2.96. The Kier molecular flexibility index (Phi) is 5.44. The predicted molar refractivity (Wildman–Crippen MR) is 122 cm³/mol. The van der Waals surface area contributed by atoms with Crippen LogP contribution >= 0.6 is 23.8 Å². The van der Waals surface area contributed by atoms with Gasteiger partial charge in [-0.25, -0.2) is 4.99 Å². The van der Waals surface area contributed by atoms with Gasteiger partial charge in [0.15, 0.2) is 5.11 Å². The number of rotatable bonds is 3. The summed E-state index contributed by atoms with van der Waals surface area (Å²) in [6, 6.07) is 16.7. The molecule has 1 fully saturated rings. The highest BCUT2D eigenvalue weighted by molar-refractivity contribution is 7.80. The van der Waals surface area contributed by atoms with Gasteiger partial charge < -0.3 is 10.2 Å². The Morgan fingerprint density at radius 2 is 1.82 bits per heavy atom. The average molecular weight is 412 g/mol. The van der Waals surface area contributed by atoms with Crippen molar-refractivity contribution in [1.82, 2.24) is 4.90 Å². The third-order valence-electron chi connectivity index (χ3n) is 6.12. The molecule has 0 unspecified atom stereocenters. The summed E-state index contributed by atoms with van der Waals surface area (Å²) in [7, 11) is 0. The minimum Gasteiger partial charge on any atom is -0.341 e. The van der Waals surface area contributed by atoms with Gasteiger partial charge in [-0.05, 0) is 62.2 Å². The highest BCUT2D eigenvalue weighted by Gasteiger charge is 2.50. The fraction of sp³-hybridized carbons (Fsp3) is 0.391. The molecule has 1 N–H and O–H groups in total. The first kappa shape index (κ1) is 19.4. The number of hydrogen-bond acceptors (Lipinski definition) is 2. The standard InChI is InChI=1S/C23H26ClN3S/c1-16-11-12-19(24)15-20(16)25-21-23(13-7-4-8-14-23)27(22(28)26-21)17(2)18-9-5-3-6-10-18/h3,5-6,9-12,15,17H,4,7-8,13-14H2,1-2H3,(H,25,26,28)/t17-/m0/s1. The van der Waals surface area contributed by atoms with E-state index in [2.05, 4.69) is 54.4 Å². The van der Waals surface area contributed by atoms with Crippen LogP contribution in [0.3, 0.4) is 0 Å². The Hall–Kier alpha value is -1.91. The van der Waals surface area contributed by atoms with Gasteiger partial charge in [-0.2, -0.15) is 0 Å². The molecule has 1 saturated carbocycles. The molecule has 3 nitrogen and oxygen atoms in total. The molecule has 146 valence electrons. The van der Waals surface area contributed by atoms with Crippen LogP contribution in [0, 0.1) is 6.92 Å². The molecule has 1 atom stereocenters. The molecule has 0 bridgehead atoms. The summed E-state index contributed by atoms with van der Waals surface area (Å²) in [5.41, 5.74) is 3.26. The summed E-state index contributed by atoms with van der Waals surface area (Å²) in [6.45, 7) is 4.32. The Labute approximate surface area is 177 Å². The molecule has 5 heteroatoms. The number of aliphatic imine (C=N–C) groups is 1. The van der Waals surface area contributed by atoms with Gasteiger partial charge in [0.2, 0.25) is 0 Å². The predicted octanol–water partition coefficient (Wildman–Crippen LogP) is 6.52. The second-order valence-electron chi connectivity index (χ2n) is 7.88. The van der Waals surface area contributed by atoms with Gasteiger partial charge in [-0.3, -0.25) is 0 Å². The third kappa shape index (κ3) is 3.44. The van der Waals surface area contributed by atoms with E-state index in [1.54, 1.807) is 0 Å². The van der Waals surface area contributed by atoms with E-state index in [-0.39, 0.29) is 11.6 Å². The number of benzene rings is 2. The van der Waals surface area contributed by atoms with Crippen LogP contribution in [-0.4, -0.2) is 21.4 Å². The lowest BCUT2D eigenvalue weighted by Crippen LogP contribution is -2.55. The minimum absolute atomic E-state index is 0.167. The van der Waals surface area contributed by atoms with E-state index in [4.69, 9.17) is 28.8 Å². The van der Waals surface area contributed by atoms with E-state index in [1.165, 1.54) is 24.8 Å². The van der Waals surface area contributed by atoms with E-state index < -0.39 is 0 Å². The molecular weight excluding hydrogens is 386 g/mol. The second kappa shape index (κ2) is 7.84. The minimum atomic E-state index is -0.167. The van der Waals surface area contributed by atoms with E-state index in [0.29, 0.717) is 5.11 Å². The number of nitrogens with one attached hydrogen (secondary N) is 1. The Morgan fingerprint density at radius 1 is 1.11 bits per heavy atom. The van der Waals surface area contributed by atoms with Crippen molar-refractivity contribution < 1.29 is 0 Å². The summed E-state index contributed by atoms with van der Waals surface area (Å²) < 4.78 is 0. The Balaban J connectivity index is 1.72. The number of hydrogen-bond donors (Lipinski definition) is 1. The van der Waals surface area contributed by atoms with Gasteiger partial charge in [0.25, 0.3) is 0 Å². The zero-order valence-electron chi connectivity index (χ0n) is 16.4. The number of thiocarbonyl (C=S) groups is 1. The van der Waals surface area contributed by atoms with Crippen LogP contribution in [-0.2, 0) is 0 Å². The quantitative estimate of drug-likeness (QED) is 0.582. The molecule has 0 aromatic heterocycles. The maximum atomic E-state index is 6.25. The number of halogens is 1. The van der Waals surface area contributed by atoms with Crippen LogP contribution < -0.4 is 5.32 Å². The maximum absolute atomic E-state index is 6.25. The molecule has 0 saturated heterocycles. The molecule has 1 aliphatic carbocycles. The number of anilines is 1. The van der Waals surface area contributed by atoms with Crippen molar-refractivity contribution in [2.24, 2.45) is 4.99 Å². The Morgan fingerprint density at radius 3 is 2.54 bits per heavy atom. The number of amidine groups is 1. The smallest absolute Gasteiger partial charge is 0.198 e. The van der Waals surface area contributed by atoms with E-state index in [1.807, 2.05) is 18.2 Å². The monoisotopic (exact) mass is 411 g/mol. The van der Waals surface area contributed by atoms with Gasteiger partial charge in [0, 0.05) is 10.7 Å². The molecule has 4 rings (SSSR count). The van der Waals surface area contributed by atoms with Crippen molar-refractivity contribution in [1.29, 1.82) is 0 Å². The third-order valence-corrected chi connectivity index (χ3v) is 6.64. The molecule has 28 heavy (non-hydrogen) atoms. The highest BCUT2D eigenvalue weighted by atomic mass is 35.5. The topological polar surface area (TPSA) is 27.6 Å². The fourth-order valence-corrected chi connectivity index (χ4v) is 5.18. The van der Waals surface area contributed by atoms with Gasteiger partial charge in [-0.1, -0.05) is 67.3 Å². The van der Waals surface area contributed by atoms with Crippen molar-refractivity contribution in [2.75, 3.05) is 5.32 Å². The van der Waals surface area contributed by atoms with Gasteiger partial charge in [0.05, 0.1) is 6.04 Å². The first-order valence-corrected chi connectivity index (χ1v) is 10.8. The molecule has 2 aromatic rings. The lowest BCUT2D eigenvalue weighted by Gasteiger charge is -2.46. The first-order valence-electron chi connectivity index (χ1n) is 10.0. The van der Waals surface area contributed by atoms with Gasteiger partial charge >= 0.3 is 0 Å². The zero-order valence-corrected chi connectivity index (χ0v) is 18.0. The maximum Gasteiger partial charge on any atom is 0.198 e. The molecule has 0 radical (unpaired) electrons. The SMILES string of the molecule is Cc1ccc(Cl)cc1NC1=NC(=S)N([C@@H](C)c2ccccc2)C12CCCCC2. The van der Waals surface area contributed by atoms with Crippen LogP contribution in [0.25, 0.3) is 0 Å². The zero-order chi connectivity index (χ0) is 19.7. The highest BCUT2D eigenvalue weighted by Crippen LogP contribution is 2.44. The number of nitrogens with zero attached hydrogens (tertiary/aromatic N) is 2. The summed E-state index contributed by atoms with van der Waals surface area (Å²) in [5.74, 6) is 0.977. The fourth-order valence-electron chi connectivity index (χ4n) is 4.58. The van der Waals surface area contributed by atoms with Crippen LogP contribution in [0.4, 0.5) is 5.69 Å². The summed E-state index contributed by atoms with van der Waals surface area (Å²) in [5, 5.41) is 5.02. The molecule has 2 aliphatic rings. The number of aryl methyl sites for hydroxylation is 1.